The van der Waals surface area contributed by atoms with Gasteiger partial charge in [0.15, 0.2) is 0 Å². The number of rotatable bonds is 6. The minimum Gasteiger partial charge on any atom is -0.459 e. The molecule has 0 amide bonds. The molecule has 0 aromatic carbocycles. The van der Waals surface area contributed by atoms with Crippen LogP contribution in [0.15, 0.2) is 0 Å². The van der Waals surface area contributed by atoms with E-state index in [0.29, 0.717) is 12.3 Å². The lowest BCUT2D eigenvalue weighted by molar-refractivity contribution is -0.165. The topological polar surface area (TPSA) is 26.3 Å². The lowest BCUT2D eigenvalue weighted by atomic mass is 9.82. The van der Waals surface area contributed by atoms with Gasteiger partial charge in [-0.3, -0.25) is 4.79 Å². The first-order chi connectivity index (χ1) is 10.1. The maximum absolute atomic E-state index is 12.5. The maximum atomic E-state index is 12.5. The summed E-state index contributed by atoms with van der Waals surface area (Å²) < 4.78 is 6.01. The molecule has 0 bridgehead atoms. The minimum atomic E-state index is -0.125. The fourth-order valence-electron chi connectivity index (χ4n) is 4.64. The average molecular weight is 294 g/mol. The highest BCUT2D eigenvalue weighted by molar-refractivity contribution is 5.70. The van der Waals surface area contributed by atoms with Crippen molar-refractivity contribution < 1.29 is 9.53 Å². The zero-order chi connectivity index (χ0) is 15.3. The van der Waals surface area contributed by atoms with Gasteiger partial charge in [-0.1, -0.05) is 40.0 Å². The van der Waals surface area contributed by atoms with E-state index in [4.69, 9.17) is 4.74 Å². The van der Waals surface area contributed by atoms with Crippen LogP contribution in [0.4, 0.5) is 0 Å². The molecule has 0 spiro atoms. The van der Waals surface area contributed by atoms with E-state index in [0.717, 1.165) is 31.1 Å². The molecule has 21 heavy (non-hydrogen) atoms. The lowest BCUT2D eigenvalue weighted by Gasteiger charge is -2.36. The highest BCUT2D eigenvalue weighted by Crippen LogP contribution is 2.42. The predicted octanol–water partition coefficient (Wildman–Crippen LogP) is 5.50. The molecule has 2 heteroatoms. The molecule has 0 aromatic heterocycles. The first-order valence-electron chi connectivity index (χ1n) is 9.34. The summed E-state index contributed by atoms with van der Waals surface area (Å²) in [6.45, 7) is 6.73. The van der Waals surface area contributed by atoms with Crippen LogP contribution in [0.5, 0.6) is 0 Å². The van der Waals surface area contributed by atoms with Gasteiger partial charge in [0.1, 0.15) is 5.60 Å². The molecule has 0 aliphatic heterocycles. The second-order valence-electron chi connectivity index (χ2n) is 7.45. The van der Waals surface area contributed by atoms with Gasteiger partial charge < -0.3 is 4.74 Å². The summed E-state index contributed by atoms with van der Waals surface area (Å²) in [6.07, 6.45) is 12.6. The van der Waals surface area contributed by atoms with Crippen LogP contribution in [-0.4, -0.2) is 11.6 Å². The zero-order valence-corrected chi connectivity index (χ0v) is 14.3. The van der Waals surface area contributed by atoms with Gasteiger partial charge in [0, 0.05) is 6.42 Å². The van der Waals surface area contributed by atoms with Crippen molar-refractivity contribution >= 4 is 5.97 Å². The first-order valence-corrected chi connectivity index (χ1v) is 9.34. The van der Waals surface area contributed by atoms with E-state index in [2.05, 4.69) is 20.8 Å². The summed E-state index contributed by atoms with van der Waals surface area (Å²) in [5.74, 6) is 2.23. The molecular weight excluding hydrogens is 260 g/mol. The van der Waals surface area contributed by atoms with Crippen molar-refractivity contribution in [2.24, 2.45) is 17.8 Å². The Labute approximate surface area is 131 Å². The zero-order valence-electron chi connectivity index (χ0n) is 14.3. The number of carbonyl (C=O) groups is 1. The molecule has 0 heterocycles. The van der Waals surface area contributed by atoms with Crippen molar-refractivity contribution in [1.29, 1.82) is 0 Å². The molecule has 0 aromatic rings. The van der Waals surface area contributed by atoms with Crippen LogP contribution in [0.3, 0.4) is 0 Å². The Morgan fingerprint density at radius 3 is 2.24 bits per heavy atom. The third-order valence-corrected chi connectivity index (χ3v) is 6.21. The third kappa shape index (κ3) is 4.23. The van der Waals surface area contributed by atoms with E-state index < -0.39 is 0 Å². The largest absolute Gasteiger partial charge is 0.459 e. The molecule has 2 aliphatic carbocycles. The van der Waals surface area contributed by atoms with Crippen molar-refractivity contribution in [2.45, 2.75) is 97.0 Å². The molecule has 0 radical (unpaired) electrons. The maximum Gasteiger partial charge on any atom is 0.306 e. The third-order valence-electron chi connectivity index (χ3n) is 6.21. The van der Waals surface area contributed by atoms with Gasteiger partial charge >= 0.3 is 5.97 Å². The Bertz CT molecular complexity index is 330. The number of hydrogen-bond acceptors (Lipinski definition) is 2. The van der Waals surface area contributed by atoms with E-state index in [1.807, 2.05) is 0 Å². The second kappa shape index (κ2) is 7.65. The van der Waals surface area contributed by atoms with Gasteiger partial charge in [-0.15, -0.1) is 0 Å². The normalized spacial score (nSPS) is 32.0. The van der Waals surface area contributed by atoms with Crippen molar-refractivity contribution in [2.75, 3.05) is 0 Å². The van der Waals surface area contributed by atoms with Gasteiger partial charge in [0.05, 0.1) is 0 Å². The quantitative estimate of drug-likeness (QED) is 0.605. The van der Waals surface area contributed by atoms with Gasteiger partial charge in [0.2, 0.25) is 0 Å². The summed E-state index contributed by atoms with van der Waals surface area (Å²) in [6, 6.07) is 0. The van der Waals surface area contributed by atoms with E-state index >= 15 is 0 Å². The molecule has 0 saturated heterocycles. The lowest BCUT2D eigenvalue weighted by Crippen LogP contribution is -2.37. The monoisotopic (exact) mass is 294 g/mol. The van der Waals surface area contributed by atoms with Crippen LogP contribution in [0.25, 0.3) is 0 Å². The van der Waals surface area contributed by atoms with Crippen LogP contribution in [0.2, 0.25) is 0 Å². The Kier molecular flexibility index (Phi) is 6.13. The molecule has 2 saturated carbocycles. The summed E-state index contributed by atoms with van der Waals surface area (Å²) >= 11 is 0. The molecule has 2 fully saturated rings. The fourth-order valence-corrected chi connectivity index (χ4v) is 4.64. The molecule has 0 N–H and O–H groups in total. The van der Waals surface area contributed by atoms with E-state index in [9.17, 15) is 4.79 Å². The van der Waals surface area contributed by atoms with Crippen molar-refractivity contribution in [3.8, 4) is 0 Å². The summed E-state index contributed by atoms with van der Waals surface area (Å²) in [5, 5.41) is 0. The molecular formula is C19H34O2. The van der Waals surface area contributed by atoms with Crippen molar-refractivity contribution in [3.05, 3.63) is 0 Å². The Morgan fingerprint density at radius 2 is 1.67 bits per heavy atom. The minimum absolute atomic E-state index is 0.0824. The molecule has 2 aliphatic rings. The molecule has 3 atom stereocenters. The fraction of sp³-hybridized carbons (Fsp3) is 0.947. The number of ether oxygens (including phenoxy) is 1. The number of hydrogen-bond donors (Lipinski definition) is 0. The summed E-state index contributed by atoms with van der Waals surface area (Å²) in [4.78, 5) is 12.5. The SMILES string of the molecule is CCC1CC(CC)C(CC(=O)OC2(CC)CCCCC2)C1. The van der Waals surface area contributed by atoms with Crippen LogP contribution < -0.4 is 0 Å². The molecule has 3 unspecified atom stereocenters. The molecule has 2 rings (SSSR count). The average Bonchev–Trinajstić information content (AvgIpc) is 2.90. The highest BCUT2D eigenvalue weighted by Gasteiger charge is 2.37. The van der Waals surface area contributed by atoms with Crippen LogP contribution in [0.1, 0.15) is 91.4 Å². The Hall–Kier alpha value is -0.530. The van der Waals surface area contributed by atoms with E-state index in [1.54, 1.807) is 0 Å². The smallest absolute Gasteiger partial charge is 0.306 e. The van der Waals surface area contributed by atoms with Crippen LogP contribution in [0, 0.1) is 17.8 Å². The van der Waals surface area contributed by atoms with Crippen LogP contribution in [-0.2, 0) is 9.53 Å². The van der Waals surface area contributed by atoms with Crippen LogP contribution >= 0.6 is 0 Å². The van der Waals surface area contributed by atoms with E-state index in [-0.39, 0.29) is 11.6 Å². The summed E-state index contributed by atoms with van der Waals surface area (Å²) in [7, 11) is 0. The molecule has 2 nitrogen and oxygen atoms in total. The van der Waals surface area contributed by atoms with Gasteiger partial charge in [-0.2, -0.15) is 0 Å². The first kappa shape index (κ1) is 16.8. The highest BCUT2D eigenvalue weighted by atomic mass is 16.6. The standard InChI is InChI=1S/C19H34O2/c1-4-15-12-16(5-2)17(13-15)14-18(20)21-19(6-3)10-8-7-9-11-19/h15-17H,4-14H2,1-3H3. The Balaban J connectivity index is 1.88. The number of esters is 1. The second-order valence-corrected chi connectivity index (χ2v) is 7.45. The van der Waals surface area contributed by atoms with Crippen molar-refractivity contribution in [3.63, 3.8) is 0 Å². The Morgan fingerprint density at radius 1 is 1.00 bits per heavy atom. The molecule has 122 valence electrons. The summed E-state index contributed by atoms with van der Waals surface area (Å²) in [5.41, 5.74) is -0.125. The number of carbonyl (C=O) groups excluding carboxylic acids is 1. The van der Waals surface area contributed by atoms with Gasteiger partial charge in [0.25, 0.3) is 0 Å². The predicted molar refractivity (Wildman–Crippen MR) is 87.1 cm³/mol. The van der Waals surface area contributed by atoms with Crippen molar-refractivity contribution in [1.82, 2.24) is 0 Å². The van der Waals surface area contributed by atoms with Gasteiger partial charge in [-0.25, -0.2) is 0 Å². The van der Waals surface area contributed by atoms with Gasteiger partial charge in [-0.05, 0) is 62.7 Å². The van der Waals surface area contributed by atoms with E-state index in [1.165, 1.54) is 44.9 Å².